The van der Waals surface area contributed by atoms with Gasteiger partial charge in [-0.15, -0.1) is 0 Å². The Bertz CT molecular complexity index is 441. The maximum Gasteiger partial charge on any atom is 0.309 e. The summed E-state index contributed by atoms with van der Waals surface area (Å²) in [5.74, 6) is -0.0375. The second-order valence-electron chi connectivity index (χ2n) is 4.96. The van der Waals surface area contributed by atoms with Crippen molar-refractivity contribution in [1.29, 1.82) is 0 Å². The molecule has 0 aliphatic carbocycles. The number of hydrogen-bond acceptors (Lipinski definition) is 3. The molecule has 5 heteroatoms. The van der Waals surface area contributed by atoms with Gasteiger partial charge in [-0.2, -0.15) is 0 Å². The van der Waals surface area contributed by atoms with Crippen LogP contribution in [0.1, 0.15) is 19.4 Å². The van der Waals surface area contributed by atoms with Crippen LogP contribution in [0.25, 0.3) is 0 Å². The normalized spacial score (nSPS) is 10.2. The van der Waals surface area contributed by atoms with Crippen molar-refractivity contribution in [3.05, 3.63) is 29.8 Å². The molecule has 2 N–H and O–H groups in total. The number of rotatable bonds is 6. The molecular formula is C15H22N2O3. The number of amides is 2. The highest BCUT2D eigenvalue weighted by molar-refractivity contribution is 6.35. The number of benzene rings is 1. The lowest BCUT2D eigenvalue weighted by Crippen LogP contribution is -2.41. The first-order valence-corrected chi connectivity index (χ1v) is 6.72. The highest BCUT2D eigenvalue weighted by atomic mass is 16.5. The molecule has 0 radical (unpaired) electrons. The van der Waals surface area contributed by atoms with Crippen molar-refractivity contribution in [3.63, 3.8) is 0 Å². The standard InChI is InChI=1S/C15H22N2O3/c1-11(2)10-17-15(19)14(18)16-9-8-12-4-6-13(20-3)7-5-12/h4-7,11H,8-10H2,1-3H3,(H,16,18)(H,17,19). The van der Waals surface area contributed by atoms with Gasteiger partial charge in [0.1, 0.15) is 5.75 Å². The third-order valence-electron chi connectivity index (χ3n) is 2.74. The molecule has 0 fully saturated rings. The van der Waals surface area contributed by atoms with Gasteiger partial charge in [-0.05, 0) is 30.0 Å². The Balaban J connectivity index is 2.28. The average molecular weight is 278 g/mol. The third kappa shape index (κ3) is 5.73. The lowest BCUT2D eigenvalue weighted by molar-refractivity contribution is -0.139. The van der Waals surface area contributed by atoms with Crippen LogP contribution in [0.2, 0.25) is 0 Å². The van der Waals surface area contributed by atoms with Crippen molar-refractivity contribution in [2.75, 3.05) is 20.2 Å². The van der Waals surface area contributed by atoms with Crippen LogP contribution in [0.4, 0.5) is 0 Å². The van der Waals surface area contributed by atoms with Crippen molar-refractivity contribution in [2.24, 2.45) is 5.92 Å². The molecule has 0 unspecified atom stereocenters. The summed E-state index contributed by atoms with van der Waals surface area (Å²) in [6.45, 7) is 4.88. The number of nitrogens with one attached hydrogen (secondary N) is 2. The van der Waals surface area contributed by atoms with Gasteiger partial charge in [-0.3, -0.25) is 9.59 Å². The molecule has 1 aromatic carbocycles. The molecule has 0 atom stereocenters. The first kappa shape index (κ1) is 16.0. The van der Waals surface area contributed by atoms with Crippen molar-refractivity contribution >= 4 is 11.8 Å². The fourth-order valence-corrected chi connectivity index (χ4v) is 1.57. The van der Waals surface area contributed by atoms with Crippen LogP contribution in [0.5, 0.6) is 5.75 Å². The summed E-state index contributed by atoms with van der Waals surface area (Å²) in [5.41, 5.74) is 1.08. The molecule has 0 bridgehead atoms. The zero-order valence-electron chi connectivity index (χ0n) is 12.2. The highest BCUT2D eigenvalue weighted by Gasteiger charge is 2.12. The molecule has 1 aromatic rings. The summed E-state index contributed by atoms with van der Waals surface area (Å²) in [6, 6.07) is 7.60. The van der Waals surface area contributed by atoms with Crippen LogP contribution < -0.4 is 15.4 Å². The third-order valence-corrected chi connectivity index (χ3v) is 2.74. The zero-order valence-corrected chi connectivity index (χ0v) is 12.2. The van der Waals surface area contributed by atoms with Crippen molar-refractivity contribution in [3.8, 4) is 5.75 Å². The van der Waals surface area contributed by atoms with Gasteiger partial charge >= 0.3 is 11.8 Å². The molecule has 0 saturated carbocycles. The Morgan fingerprint density at radius 3 is 2.25 bits per heavy atom. The molecule has 0 saturated heterocycles. The lowest BCUT2D eigenvalue weighted by atomic mass is 10.1. The maximum atomic E-state index is 11.5. The van der Waals surface area contributed by atoms with E-state index in [9.17, 15) is 9.59 Å². The van der Waals surface area contributed by atoms with E-state index in [-0.39, 0.29) is 0 Å². The predicted octanol–water partition coefficient (Wildman–Crippen LogP) is 1.13. The van der Waals surface area contributed by atoms with Gasteiger partial charge < -0.3 is 15.4 Å². The van der Waals surface area contributed by atoms with Crippen LogP contribution in [-0.2, 0) is 16.0 Å². The molecule has 0 aromatic heterocycles. The molecule has 110 valence electrons. The van der Waals surface area contributed by atoms with Crippen LogP contribution in [-0.4, -0.2) is 32.0 Å². The van der Waals surface area contributed by atoms with E-state index in [1.54, 1.807) is 7.11 Å². The number of ether oxygens (including phenoxy) is 1. The van der Waals surface area contributed by atoms with Crippen LogP contribution in [0, 0.1) is 5.92 Å². The molecule has 0 aliphatic rings. The maximum absolute atomic E-state index is 11.5. The summed E-state index contributed by atoms with van der Waals surface area (Å²) < 4.78 is 5.07. The van der Waals surface area contributed by atoms with Gasteiger partial charge in [0.2, 0.25) is 0 Å². The molecule has 5 nitrogen and oxygen atoms in total. The van der Waals surface area contributed by atoms with E-state index >= 15 is 0 Å². The Labute approximate surface area is 119 Å². The van der Waals surface area contributed by atoms with Crippen molar-refractivity contribution in [2.45, 2.75) is 20.3 Å². The topological polar surface area (TPSA) is 67.4 Å². The van der Waals surface area contributed by atoms with Gasteiger partial charge in [0.15, 0.2) is 0 Å². The summed E-state index contributed by atoms with van der Waals surface area (Å²) in [6.07, 6.45) is 0.674. The Kier molecular flexibility index (Phi) is 6.56. The molecule has 2 amide bonds. The van der Waals surface area contributed by atoms with E-state index in [1.165, 1.54) is 0 Å². The number of carbonyl (C=O) groups excluding carboxylic acids is 2. The lowest BCUT2D eigenvalue weighted by Gasteiger charge is -2.08. The minimum absolute atomic E-state index is 0.325. The van der Waals surface area contributed by atoms with E-state index < -0.39 is 11.8 Å². The molecular weight excluding hydrogens is 256 g/mol. The summed E-state index contributed by atoms with van der Waals surface area (Å²) in [7, 11) is 1.62. The number of hydrogen-bond donors (Lipinski definition) is 2. The molecule has 0 spiro atoms. The zero-order chi connectivity index (χ0) is 15.0. The first-order valence-electron chi connectivity index (χ1n) is 6.72. The van der Waals surface area contributed by atoms with Gasteiger partial charge in [0.25, 0.3) is 0 Å². The summed E-state index contributed by atoms with van der Waals surface area (Å²) >= 11 is 0. The minimum Gasteiger partial charge on any atom is -0.497 e. The predicted molar refractivity (Wildman–Crippen MR) is 77.6 cm³/mol. The average Bonchev–Trinajstić information content (AvgIpc) is 2.45. The van der Waals surface area contributed by atoms with Crippen LogP contribution >= 0.6 is 0 Å². The molecule has 0 heterocycles. The number of carbonyl (C=O) groups is 2. The Morgan fingerprint density at radius 1 is 1.10 bits per heavy atom. The van der Waals surface area contributed by atoms with Crippen LogP contribution in [0.15, 0.2) is 24.3 Å². The van der Waals surface area contributed by atoms with Crippen LogP contribution in [0.3, 0.4) is 0 Å². The molecule has 1 rings (SSSR count). The monoisotopic (exact) mass is 278 g/mol. The van der Waals surface area contributed by atoms with Gasteiger partial charge in [-0.1, -0.05) is 26.0 Å². The fraction of sp³-hybridized carbons (Fsp3) is 0.467. The van der Waals surface area contributed by atoms with Crippen molar-refractivity contribution < 1.29 is 14.3 Å². The Morgan fingerprint density at radius 2 is 1.70 bits per heavy atom. The van der Waals surface area contributed by atoms with E-state index in [0.717, 1.165) is 11.3 Å². The van der Waals surface area contributed by atoms with E-state index in [1.807, 2.05) is 38.1 Å². The van der Waals surface area contributed by atoms with E-state index in [2.05, 4.69) is 10.6 Å². The van der Waals surface area contributed by atoms with Gasteiger partial charge in [0.05, 0.1) is 7.11 Å². The molecule has 0 aliphatic heterocycles. The SMILES string of the molecule is COc1ccc(CCNC(=O)C(=O)NCC(C)C)cc1. The second-order valence-corrected chi connectivity index (χ2v) is 4.96. The largest absolute Gasteiger partial charge is 0.497 e. The van der Waals surface area contributed by atoms with E-state index in [0.29, 0.717) is 25.4 Å². The smallest absolute Gasteiger partial charge is 0.309 e. The van der Waals surface area contributed by atoms with Crippen molar-refractivity contribution in [1.82, 2.24) is 10.6 Å². The number of methoxy groups -OCH3 is 1. The first-order chi connectivity index (χ1) is 9.52. The Hall–Kier alpha value is -2.04. The van der Waals surface area contributed by atoms with Gasteiger partial charge in [0, 0.05) is 13.1 Å². The summed E-state index contributed by atoms with van der Waals surface area (Å²) in [4.78, 5) is 22.9. The highest BCUT2D eigenvalue weighted by Crippen LogP contribution is 2.11. The van der Waals surface area contributed by atoms with E-state index in [4.69, 9.17) is 4.74 Å². The quantitative estimate of drug-likeness (QED) is 0.766. The second kappa shape index (κ2) is 8.19. The fourth-order valence-electron chi connectivity index (χ4n) is 1.57. The summed E-state index contributed by atoms with van der Waals surface area (Å²) in [5, 5.41) is 5.18. The molecule has 20 heavy (non-hydrogen) atoms. The van der Waals surface area contributed by atoms with Gasteiger partial charge in [-0.25, -0.2) is 0 Å². The minimum atomic E-state index is -0.584.